The van der Waals surface area contributed by atoms with Crippen LogP contribution in [0.4, 0.5) is 0 Å². The second kappa shape index (κ2) is 7.40. The summed E-state index contributed by atoms with van der Waals surface area (Å²) in [5.74, 6) is -0.796. The number of carbonyl (C=O) groups excluding carboxylic acids is 2. The van der Waals surface area contributed by atoms with Crippen LogP contribution in [0.15, 0.2) is 47.3 Å². The zero-order valence-electron chi connectivity index (χ0n) is 13.0. The monoisotopic (exact) mass is 314 g/mol. The van der Waals surface area contributed by atoms with Crippen LogP contribution >= 0.6 is 0 Å². The Morgan fingerprint density at radius 3 is 2.78 bits per heavy atom. The number of esters is 1. The van der Waals surface area contributed by atoms with Crippen LogP contribution in [0.5, 0.6) is 0 Å². The second-order valence-corrected chi connectivity index (χ2v) is 5.00. The molecule has 0 saturated carbocycles. The maximum atomic E-state index is 12.2. The number of nitrogens with zero attached hydrogens (tertiary/aromatic N) is 1. The molecule has 0 saturated heterocycles. The van der Waals surface area contributed by atoms with Gasteiger partial charge in [-0.2, -0.15) is 0 Å². The van der Waals surface area contributed by atoms with E-state index in [-0.39, 0.29) is 24.6 Å². The van der Waals surface area contributed by atoms with Gasteiger partial charge in [0, 0.05) is 24.1 Å². The Balaban J connectivity index is 2.13. The molecule has 0 radical (unpaired) electrons. The van der Waals surface area contributed by atoms with Crippen LogP contribution in [-0.2, 0) is 20.9 Å². The Labute approximate surface area is 133 Å². The third-order valence-electron chi connectivity index (χ3n) is 3.40. The van der Waals surface area contributed by atoms with E-state index in [9.17, 15) is 14.4 Å². The number of hydrogen-bond donors (Lipinski definition) is 1. The lowest BCUT2D eigenvalue weighted by Gasteiger charge is -2.11. The van der Waals surface area contributed by atoms with Crippen molar-refractivity contribution in [3.63, 3.8) is 0 Å². The first-order valence-corrected chi connectivity index (χ1v) is 7.13. The van der Waals surface area contributed by atoms with E-state index in [1.165, 1.54) is 29.9 Å². The smallest absolute Gasteiger partial charge is 0.330 e. The average molecular weight is 314 g/mol. The average Bonchev–Trinajstić information content (AvgIpc) is 2.55. The first-order chi connectivity index (χ1) is 11.0. The van der Waals surface area contributed by atoms with Crippen molar-refractivity contribution >= 4 is 22.8 Å². The van der Waals surface area contributed by atoms with E-state index >= 15 is 0 Å². The van der Waals surface area contributed by atoms with Gasteiger partial charge in [0.2, 0.25) is 5.91 Å². The molecule has 1 amide bonds. The molecular formula is C17H18N2O4. The molecule has 1 aromatic carbocycles. The van der Waals surface area contributed by atoms with Crippen molar-refractivity contribution in [2.45, 2.75) is 13.5 Å². The SMILES string of the molecule is COC(=O)/C=C/CNC(=O)Cn1c(=O)cc(C)c2ccccc21. The molecule has 1 N–H and O–H groups in total. The Hall–Kier alpha value is -2.89. The fourth-order valence-electron chi connectivity index (χ4n) is 2.26. The lowest BCUT2D eigenvalue weighted by Crippen LogP contribution is -2.32. The zero-order chi connectivity index (χ0) is 16.8. The fourth-order valence-corrected chi connectivity index (χ4v) is 2.26. The van der Waals surface area contributed by atoms with Crippen LogP contribution in [0, 0.1) is 6.92 Å². The van der Waals surface area contributed by atoms with Crippen molar-refractivity contribution < 1.29 is 14.3 Å². The number of fused-ring (bicyclic) bond motifs is 1. The molecule has 0 aliphatic rings. The quantitative estimate of drug-likeness (QED) is 0.663. The minimum atomic E-state index is -0.486. The Morgan fingerprint density at radius 2 is 2.04 bits per heavy atom. The number of carbonyl (C=O) groups is 2. The van der Waals surface area contributed by atoms with Gasteiger partial charge in [-0.3, -0.25) is 14.2 Å². The summed E-state index contributed by atoms with van der Waals surface area (Å²) in [5, 5.41) is 3.56. The number of ether oxygens (including phenoxy) is 1. The first-order valence-electron chi connectivity index (χ1n) is 7.13. The molecule has 120 valence electrons. The summed E-state index contributed by atoms with van der Waals surface area (Å²) in [5.41, 5.74) is 1.38. The number of aryl methyl sites for hydroxylation is 1. The molecule has 2 aromatic rings. The highest BCUT2D eigenvalue weighted by Gasteiger charge is 2.09. The summed E-state index contributed by atoms with van der Waals surface area (Å²) in [6.45, 7) is 1.98. The molecule has 0 bridgehead atoms. The number of methoxy groups -OCH3 is 1. The topological polar surface area (TPSA) is 77.4 Å². The normalized spacial score (nSPS) is 10.9. The molecule has 6 nitrogen and oxygen atoms in total. The number of amides is 1. The second-order valence-electron chi connectivity index (χ2n) is 5.00. The molecule has 6 heteroatoms. The van der Waals surface area contributed by atoms with Gasteiger partial charge in [0.05, 0.1) is 12.6 Å². The van der Waals surface area contributed by atoms with E-state index in [1.807, 2.05) is 31.2 Å². The van der Waals surface area contributed by atoms with Gasteiger partial charge < -0.3 is 10.1 Å². The Morgan fingerprint density at radius 1 is 1.30 bits per heavy atom. The maximum absolute atomic E-state index is 12.2. The number of nitrogens with one attached hydrogen (secondary N) is 1. The molecular weight excluding hydrogens is 296 g/mol. The largest absolute Gasteiger partial charge is 0.466 e. The van der Waals surface area contributed by atoms with Crippen LogP contribution in [0.25, 0.3) is 10.9 Å². The zero-order valence-corrected chi connectivity index (χ0v) is 13.0. The third kappa shape index (κ3) is 4.06. The van der Waals surface area contributed by atoms with Crippen molar-refractivity contribution in [2.75, 3.05) is 13.7 Å². The molecule has 0 atom stereocenters. The van der Waals surface area contributed by atoms with E-state index in [0.29, 0.717) is 0 Å². The van der Waals surface area contributed by atoms with Crippen molar-refractivity contribution in [1.82, 2.24) is 9.88 Å². The minimum Gasteiger partial charge on any atom is -0.466 e. The van der Waals surface area contributed by atoms with Crippen LogP contribution in [0.3, 0.4) is 0 Å². The maximum Gasteiger partial charge on any atom is 0.330 e. The van der Waals surface area contributed by atoms with Gasteiger partial charge in [0.15, 0.2) is 0 Å². The molecule has 0 unspecified atom stereocenters. The molecule has 0 fully saturated rings. The van der Waals surface area contributed by atoms with Crippen LogP contribution in [0.1, 0.15) is 5.56 Å². The highest BCUT2D eigenvalue weighted by molar-refractivity contribution is 5.85. The van der Waals surface area contributed by atoms with E-state index in [2.05, 4.69) is 10.1 Å². The summed E-state index contributed by atoms with van der Waals surface area (Å²) in [6, 6.07) is 8.97. The fraction of sp³-hybridized carbons (Fsp3) is 0.235. The lowest BCUT2D eigenvalue weighted by molar-refractivity contribution is -0.134. The third-order valence-corrected chi connectivity index (χ3v) is 3.40. The Bertz CT molecular complexity index is 821. The summed E-state index contributed by atoms with van der Waals surface area (Å²) >= 11 is 0. The molecule has 0 spiro atoms. The number of pyridine rings is 1. The van der Waals surface area contributed by atoms with Crippen LogP contribution in [0.2, 0.25) is 0 Å². The standard InChI is InChI=1S/C17H18N2O4/c1-12-10-16(21)19(14-7-4-3-6-13(12)14)11-15(20)18-9-5-8-17(22)23-2/h3-8,10H,9,11H2,1-2H3,(H,18,20)/b8-5+. The highest BCUT2D eigenvalue weighted by atomic mass is 16.5. The summed E-state index contributed by atoms with van der Waals surface area (Å²) in [7, 11) is 1.28. The van der Waals surface area contributed by atoms with Crippen molar-refractivity contribution in [3.05, 3.63) is 58.4 Å². The van der Waals surface area contributed by atoms with E-state index < -0.39 is 5.97 Å². The number of aromatic nitrogens is 1. The molecule has 1 aromatic heterocycles. The predicted octanol–water partition coefficient (Wildman–Crippen LogP) is 1.16. The molecule has 1 heterocycles. The van der Waals surface area contributed by atoms with E-state index in [1.54, 1.807) is 0 Å². The molecule has 23 heavy (non-hydrogen) atoms. The van der Waals surface area contributed by atoms with Crippen LogP contribution < -0.4 is 10.9 Å². The number of para-hydroxylation sites is 1. The lowest BCUT2D eigenvalue weighted by atomic mass is 10.1. The Kier molecular flexibility index (Phi) is 5.30. The summed E-state index contributed by atoms with van der Waals surface area (Å²) in [6.07, 6.45) is 2.72. The minimum absolute atomic E-state index is 0.0777. The number of benzene rings is 1. The molecule has 0 aliphatic heterocycles. The van der Waals surface area contributed by atoms with Gasteiger partial charge in [-0.05, 0) is 18.6 Å². The summed E-state index contributed by atoms with van der Waals surface area (Å²) < 4.78 is 5.88. The van der Waals surface area contributed by atoms with E-state index in [0.717, 1.165) is 16.5 Å². The molecule has 2 rings (SSSR count). The van der Waals surface area contributed by atoms with Gasteiger partial charge in [-0.25, -0.2) is 4.79 Å². The predicted molar refractivity (Wildman–Crippen MR) is 87.1 cm³/mol. The van der Waals surface area contributed by atoms with Crippen molar-refractivity contribution in [3.8, 4) is 0 Å². The highest BCUT2D eigenvalue weighted by Crippen LogP contribution is 2.15. The molecule has 0 aliphatic carbocycles. The van der Waals surface area contributed by atoms with Gasteiger partial charge in [0.25, 0.3) is 5.56 Å². The van der Waals surface area contributed by atoms with Crippen molar-refractivity contribution in [1.29, 1.82) is 0 Å². The van der Waals surface area contributed by atoms with Gasteiger partial charge in [-0.1, -0.05) is 24.3 Å². The van der Waals surface area contributed by atoms with E-state index in [4.69, 9.17) is 0 Å². The van der Waals surface area contributed by atoms with Crippen LogP contribution in [-0.4, -0.2) is 30.1 Å². The van der Waals surface area contributed by atoms with Gasteiger partial charge in [0.1, 0.15) is 6.54 Å². The van der Waals surface area contributed by atoms with Gasteiger partial charge >= 0.3 is 5.97 Å². The van der Waals surface area contributed by atoms with Crippen molar-refractivity contribution in [2.24, 2.45) is 0 Å². The number of rotatable bonds is 5. The summed E-state index contributed by atoms with van der Waals surface area (Å²) in [4.78, 5) is 35.0. The van der Waals surface area contributed by atoms with Gasteiger partial charge in [-0.15, -0.1) is 0 Å². The number of hydrogen-bond acceptors (Lipinski definition) is 4. The first kappa shape index (κ1) is 16.5.